The third kappa shape index (κ3) is 4.22. The van der Waals surface area contributed by atoms with E-state index < -0.39 is 5.97 Å². The van der Waals surface area contributed by atoms with Crippen molar-refractivity contribution in [2.24, 2.45) is 4.99 Å². The zero-order valence-electron chi connectivity index (χ0n) is 11.5. The molecule has 4 nitrogen and oxygen atoms in total. The molecule has 1 aliphatic carbocycles. The van der Waals surface area contributed by atoms with E-state index in [0.717, 1.165) is 12.8 Å². The van der Waals surface area contributed by atoms with Crippen LogP contribution in [0, 0.1) is 0 Å². The quantitative estimate of drug-likeness (QED) is 0.384. The molecule has 1 aromatic rings. The second kappa shape index (κ2) is 6.96. The lowest BCUT2D eigenvalue weighted by Gasteiger charge is -2.08. The Morgan fingerprint density at radius 1 is 1.48 bits per heavy atom. The summed E-state index contributed by atoms with van der Waals surface area (Å²) >= 11 is 11.9. The number of esters is 1. The zero-order valence-corrected chi connectivity index (χ0v) is 13.0. The van der Waals surface area contributed by atoms with E-state index in [0.29, 0.717) is 10.6 Å². The van der Waals surface area contributed by atoms with Crippen molar-refractivity contribution in [1.82, 2.24) is 0 Å². The predicted octanol–water partition coefficient (Wildman–Crippen LogP) is 4.06. The number of aliphatic hydroxyl groups is 1. The molecule has 0 saturated heterocycles. The van der Waals surface area contributed by atoms with Crippen molar-refractivity contribution in [3.05, 3.63) is 39.4 Å². The van der Waals surface area contributed by atoms with Crippen LogP contribution in [0.2, 0.25) is 10.0 Å². The van der Waals surface area contributed by atoms with Crippen LogP contribution in [-0.4, -0.2) is 29.9 Å². The smallest absolute Gasteiger partial charge is 0.343 e. The number of hydrogen-bond acceptors (Lipinski definition) is 4. The molecule has 1 saturated carbocycles. The average Bonchev–Trinajstić information content (AvgIpc) is 3.23. The van der Waals surface area contributed by atoms with Crippen LogP contribution in [0.1, 0.15) is 25.3 Å². The topological polar surface area (TPSA) is 58.9 Å². The first-order valence-electron chi connectivity index (χ1n) is 6.62. The summed E-state index contributed by atoms with van der Waals surface area (Å²) < 4.78 is 4.95. The van der Waals surface area contributed by atoms with Gasteiger partial charge in [0.05, 0.1) is 17.7 Å². The van der Waals surface area contributed by atoms with Crippen LogP contribution < -0.4 is 0 Å². The van der Waals surface area contributed by atoms with Crippen LogP contribution in [0.3, 0.4) is 0 Å². The summed E-state index contributed by atoms with van der Waals surface area (Å²) in [4.78, 5) is 16.2. The summed E-state index contributed by atoms with van der Waals surface area (Å²) in [5, 5.41) is 11.0. The van der Waals surface area contributed by atoms with E-state index in [4.69, 9.17) is 27.9 Å². The van der Waals surface area contributed by atoms with Gasteiger partial charge in [-0.15, -0.1) is 0 Å². The van der Waals surface area contributed by atoms with Gasteiger partial charge in [-0.2, -0.15) is 0 Å². The minimum atomic E-state index is -0.634. The van der Waals surface area contributed by atoms with Crippen molar-refractivity contribution in [2.75, 3.05) is 6.61 Å². The third-order valence-electron chi connectivity index (χ3n) is 2.90. The van der Waals surface area contributed by atoms with Crippen LogP contribution in [0.5, 0.6) is 0 Å². The van der Waals surface area contributed by atoms with Gasteiger partial charge in [-0.05, 0) is 38.0 Å². The van der Waals surface area contributed by atoms with E-state index in [2.05, 4.69) is 4.99 Å². The molecule has 21 heavy (non-hydrogen) atoms. The fourth-order valence-corrected chi connectivity index (χ4v) is 2.15. The molecule has 1 aromatic carbocycles. The summed E-state index contributed by atoms with van der Waals surface area (Å²) in [7, 11) is 0. The minimum Gasteiger partial charge on any atom is -0.506 e. The standard InChI is InChI=1S/C15H15Cl2NO3/c1-2-21-15(20)12(8-18-10-4-5-10)14(19)11-6-3-9(16)7-13(11)17/h3,6-8,10,19H,2,4-5H2,1H3/b14-12-,18-8?. The molecule has 0 unspecified atom stereocenters. The highest BCUT2D eigenvalue weighted by Crippen LogP contribution is 2.28. The maximum atomic E-state index is 12.0. The first-order chi connectivity index (χ1) is 10.0. The summed E-state index contributed by atoms with van der Waals surface area (Å²) in [5.41, 5.74) is 0.305. The molecule has 6 heteroatoms. The molecule has 0 amide bonds. The van der Waals surface area contributed by atoms with E-state index >= 15 is 0 Å². The predicted molar refractivity (Wildman–Crippen MR) is 84.2 cm³/mol. The first kappa shape index (κ1) is 15.9. The van der Waals surface area contributed by atoms with Gasteiger partial charge in [-0.1, -0.05) is 23.2 Å². The highest BCUT2D eigenvalue weighted by Gasteiger charge is 2.22. The minimum absolute atomic E-state index is 0.00651. The molecule has 0 aliphatic heterocycles. The van der Waals surface area contributed by atoms with Gasteiger partial charge in [-0.3, -0.25) is 4.99 Å². The van der Waals surface area contributed by atoms with Crippen LogP contribution in [-0.2, 0) is 9.53 Å². The highest BCUT2D eigenvalue weighted by molar-refractivity contribution is 6.36. The Bertz CT molecular complexity index is 607. The number of rotatable bonds is 5. The van der Waals surface area contributed by atoms with Gasteiger partial charge >= 0.3 is 5.97 Å². The molecular weight excluding hydrogens is 313 g/mol. The zero-order chi connectivity index (χ0) is 15.4. The Kier molecular flexibility index (Phi) is 5.26. The fourth-order valence-electron chi connectivity index (χ4n) is 1.65. The van der Waals surface area contributed by atoms with Crippen LogP contribution in [0.15, 0.2) is 28.8 Å². The Balaban J connectivity index is 2.41. The van der Waals surface area contributed by atoms with Gasteiger partial charge in [0.1, 0.15) is 11.3 Å². The second-order valence-corrected chi connectivity index (χ2v) is 5.46. The number of halogens is 2. The molecule has 0 heterocycles. The molecule has 1 aliphatic rings. The lowest BCUT2D eigenvalue weighted by Crippen LogP contribution is -2.11. The van der Waals surface area contributed by atoms with Crippen molar-refractivity contribution in [1.29, 1.82) is 0 Å². The van der Waals surface area contributed by atoms with Crippen molar-refractivity contribution >= 4 is 41.1 Å². The van der Waals surface area contributed by atoms with Crippen molar-refractivity contribution in [3.63, 3.8) is 0 Å². The molecule has 1 N–H and O–H groups in total. The van der Waals surface area contributed by atoms with E-state index in [-0.39, 0.29) is 29.0 Å². The second-order valence-electron chi connectivity index (χ2n) is 4.62. The molecule has 0 radical (unpaired) electrons. The SMILES string of the molecule is CCOC(=O)/C(C=NC1CC1)=C(\O)c1ccc(Cl)cc1Cl. The maximum absolute atomic E-state index is 12.0. The van der Waals surface area contributed by atoms with E-state index in [1.807, 2.05) is 0 Å². The number of carbonyl (C=O) groups excluding carboxylic acids is 1. The average molecular weight is 328 g/mol. The lowest BCUT2D eigenvalue weighted by molar-refractivity contribution is -0.137. The maximum Gasteiger partial charge on any atom is 0.343 e. The molecule has 0 spiro atoms. The third-order valence-corrected chi connectivity index (χ3v) is 3.45. The van der Waals surface area contributed by atoms with Gasteiger partial charge < -0.3 is 9.84 Å². The van der Waals surface area contributed by atoms with Crippen molar-refractivity contribution in [2.45, 2.75) is 25.8 Å². The van der Waals surface area contributed by atoms with Crippen molar-refractivity contribution < 1.29 is 14.6 Å². The first-order valence-corrected chi connectivity index (χ1v) is 7.37. The molecule has 1 fully saturated rings. The largest absolute Gasteiger partial charge is 0.506 e. The van der Waals surface area contributed by atoms with Crippen LogP contribution >= 0.6 is 23.2 Å². The normalized spacial score (nSPS) is 16.0. The number of ether oxygens (including phenoxy) is 1. The summed E-state index contributed by atoms with van der Waals surface area (Å²) in [6.07, 6.45) is 3.35. The van der Waals surface area contributed by atoms with Crippen LogP contribution in [0.25, 0.3) is 5.76 Å². The monoisotopic (exact) mass is 327 g/mol. The summed E-state index contributed by atoms with van der Waals surface area (Å²) in [6, 6.07) is 4.85. The van der Waals surface area contributed by atoms with E-state index in [1.165, 1.54) is 12.3 Å². The molecule has 0 aromatic heterocycles. The van der Waals surface area contributed by atoms with E-state index in [9.17, 15) is 9.90 Å². The number of nitrogens with zero attached hydrogens (tertiary/aromatic N) is 1. The lowest BCUT2D eigenvalue weighted by atomic mass is 10.1. The molecule has 0 bridgehead atoms. The number of carbonyl (C=O) groups is 1. The van der Waals surface area contributed by atoms with Gasteiger partial charge in [0.15, 0.2) is 0 Å². The molecule has 0 atom stereocenters. The molecule has 112 valence electrons. The van der Waals surface area contributed by atoms with Crippen LogP contribution in [0.4, 0.5) is 0 Å². The Hall–Kier alpha value is -1.52. The van der Waals surface area contributed by atoms with Gasteiger partial charge in [0, 0.05) is 16.8 Å². The summed E-state index contributed by atoms with van der Waals surface area (Å²) in [5.74, 6) is -0.898. The van der Waals surface area contributed by atoms with Gasteiger partial charge in [0.2, 0.25) is 0 Å². The summed E-state index contributed by atoms with van der Waals surface area (Å²) in [6.45, 7) is 1.90. The van der Waals surface area contributed by atoms with Gasteiger partial charge in [-0.25, -0.2) is 4.79 Å². The highest BCUT2D eigenvalue weighted by atomic mass is 35.5. The Morgan fingerprint density at radius 3 is 2.76 bits per heavy atom. The number of aliphatic hydroxyl groups excluding tert-OH is 1. The number of hydrogen-bond donors (Lipinski definition) is 1. The van der Waals surface area contributed by atoms with E-state index in [1.54, 1.807) is 19.1 Å². The molecule has 2 rings (SSSR count). The Labute approximate surface area is 133 Å². The number of benzene rings is 1. The van der Waals surface area contributed by atoms with Crippen molar-refractivity contribution in [3.8, 4) is 0 Å². The van der Waals surface area contributed by atoms with Gasteiger partial charge in [0.25, 0.3) is 0 Å². The molecular formula is C15H15Cl2NO3. The fraction of sp³-hybridized carbons (Fsp3) is 0.333. The number of aliphatic imine (C=N–C) groups is 1. The Morgan fingerprint density at radius 2 is 2.19 bits per heavy atom.